The number of carbonyl (C=O) groups excluding carboxylic acids is 1. The third-order valence-corrected chi connectivity index (χ3v) is 5.01. The number of carbonyl (C=O) groups is 2. The van der Waals surface area contributed by atoms with Gasteiger partial charge >= 0.3 is 18.1 Å². The molecule has 0 radical (unpaired) electrons. The highest BCUT2D eigenvalue weighted by Crippen LogP contribution is 2.32. The van der Waals surface area contributed by atoms with E-state index in [0.29, 0.717) is 16.5 Å². The van der Waals surface area contributed by atoms with Crippen LogP contribution in [0.25, 0.3) is 0 Å². The number of halogens is 3. The molecule has 1 aliphatic carbocycles. The molecular weight excluding hydrogens is 387 g/mol. The monoisotopic (exact) mass is 407 g/mol. The van der Waals surface area contributed by atoms with Gasteiger partial charge in [-0.2, -0.15) is 13.2 Å². The van der Waals surface area contributed by atoms with Crippen molar-refractivity contribution in [2.45, 2.75) is 50.7 Å². The topological polar surface area (TPSA) is 83.4 Å². The SMILES string of the molecule is O=C(O)c1ccc(N(Cc2ccc(C3CCCCC3)cn2)C(=O)C(F)(F)F)cn1. The van der Waals surface area contributed by atoms with Crippen molar-refractivity contribution >= 4 is 17.6 Å². The molecule has 9 heteroatoms. The van der Waals surface area contributed by atoms with Crippen LogP contribution >= 0.6 is 0 Å². The minimum Gasteiger partial charge on any atom is -0.477 e. The Morgan fingerprint density at radius 3 is 2.28 bits per heavy atom. The van der Waals surface area contributed by atoms with E-state index >= 15 is 0 Å². The van der Waals surface area contributed by atoms with E-state index in [1.165, 1.54) is 6.42 Å². The second-order valence-corrected chi connectivity index (χ2v) is 7.01. The average Bonchev–Trinajstić information content (AvgIpc) is 2.72. The summed E-state index contributed by atoms with van der Waals surface area (Å²) in [5.41, 5.74) is 0.859. The van der Waals surface area contributed by atoms with Crippen LogP contribution in [-0.4, -0.2) is 33.1 Å². The Morgan fingerprint density at radius 1 is 1.03 bits per heavy atom. The van der Waals surface area contributed by atoms with Gasteiger partial charge in [-0.25, -0.2) is 9.78 Å². The number of carboxylic acid groups (broad SMARTS) is 1. The zero-order valence-corrected chi connectivity index (χ0v) is 15.5. The molecule has 2 heterocycles. The summed E-state index contributed by atoms with van der Waals surface area (Å²) in [6.07, 6.45) is 3.16. The second-order valence-electron chi connectivity index (χ2n) is 7.01. The van der Waals surface area contributed by atoms with Gasteiger partial charge in [0.2, 0.25) is 0 Å². The number of aromatic carboxylic acids is 1. The number of hydrogen-bond donors (Lipinski definition) is 1. The van der Waals surface area contributed by atoms with Crippen LogP contribution in [0.4, 0.5) is 18.9 Å². The van der Waals surface area contributed by atoms with Crippen LogP contribution in [0.15, 0.2) is 36.7 Å². The summed E-state index contributed by atoms with van der Waals surface area (Å²) < 4.78 is 39.2. The fraction of sp³-hybridized carbons (Fsp3) is 0.400. The molecule has 0 aromatic carbocycles. The molecule has 1 saturated carbocycles. The summed E-state index contributed by atoms with van der Waals surface area (Å²) in [4.78, 5) is 31.2. The molecule has 0 bridgehead atoms. The van der Waals surface area contributed by atoms with Crippen LogP contribution in [0.1, 0.15) is 59.8 Å². The van der Waals surface area contributed by atoms with Crippen LogP contribution < -0.4 is 4.90 Å². The number of alkyl halides is 3. The van der Waals surface area contributed by atoms with Crippen LogP contribution in [0.5, 0.6) is 0 Å². The summed E-state index contributed by atoms with van der Waals surface area (Å²) in [5.74, 6) is -2.98. The van der Waals surface area contributed by atoms with Gasteiger partial charge in [-0.3, -0.25) is 14.7 Å². The van der Waals surface area contributed by atoms with Crippen LogP contribution in [0.2, 0.25) is 0 Å². The van der Waals surface area contributed by atoms with E-state index < -0.39 is 24.6 Å². The zero-order valence-electron chi connectivity index (χ0n) is 15.5. The molecule has 1 aliphatic rings. The van der Waals surface area contributed by atoms with Crippen molar-refractivity contribution in [2.75, 3.05) is 4.90 Å². The average molecular weight is 407 g/mol. The first-order valence-electron chi connectivity index (χ1n) is 9.28. The normalized spacial score (nSPS) is 15.1. The van der Waals surface area contributed by atoms with Gasteiger partial charge in [0, 0.05) is 6.20 Å². The van der Waals surface area contributed by atoms with E-state index in [2.05, 4.69) is 9.97 Å². The molecule has 2 aromatic rings. The van der Waals surface area contributed by atoms with E-state index in [-0.39, 0.29) is 11.4 Å². The van der Waals surface area contributed by atoms with Crippen molar-refractivity contribution < 1.29 is 27.9 Å². The summed E-state index contributed by atoms with van der Waals surface area (Å²) in [7, 11) is 0. The number of hydrogen-bond acceptors (Lipinski definition) is 4. The highest BCUT2D eigenvalue weighted by atomic mass is 19.4. The Labute approximate surface area is 165 Å². The lowest BCUT2D eigenvalue weighted by Gasteiger charge is -2.24. The first kappa shape index (κ1) is 20.8. The molecule has 1 fully saturated rings. The number of anilines is 1. The van der Waals surface area contributed by atoms with Gasteiger partial charge in [-0.05, 0) is 42.5 Å². The molecule has 0 aliphatic heterocycles. The predicted molar refractivity (Wildman–Crippen MR) is 98.5 cm³/mol. The first-order valence-corrected chi connectivity index (χ1v) is 9.28. The molecular formula is C20H20F3N3O3. The smallest absolute Gasteiger partial charge is 0.471 e. The Kier molecular flexibility index (Phi) is 6.14. The summed E-state index contributed by atoms with van der Waals surface area (Å²) in [6.45, 7) is -0.405. The van der Waals surface area contributed by atoms with Gasteiger partial charge in [0.1, 0.15) is 5.69 Å². The van der Waals surface area contributed by atoms with E-state index in [9.17, 15) is 22.8 Å². The zero-order chi connectivity index (χ0) is 21.0. The second kappa shape index (κ2) is 8.59. The standard InChI is InChI=1S/C20H20F3N3O3/c21-20(22,23)19(29)26(16-8-9-17(18(27)28)25-11-16)12-15-7-6-14(10-24-15)13-4-2-1-3-5-13/h6-11,13H,1-5,12H2,(H,27,28). The summed E-state index contributed by atoms with van der Waals surface area (Å²) in [6, 6.07) is 5.64. The molecule has 3 rings (SSSR count). The predicted octanol–water partition coefficient (Wildman–Crippen LogP) is 4.32. The van der Waals surface area contributed by atoms with E-state index in [0.717, 1.165) is 49.6 Å². The van der Waals surface area contributed by atoms with Crippen molar-refractivity contribution in [2.24, 2.45) is 0 Å². The molecule has 29 heavy (non-hydrogen) atoms. The van der Waals surface area contributed by atoms with Crippen LogP contribution in [0.3, 0.4) is 0 Å². The van der Waals surface area contributed by atoms with Gasteiger partial charge < -0.3 is 5.11 Å². The number of aromatic nitrogens is 2. The maximum atomic E-state index is 13.1. The maximum absolute atomic E-state index is 13.1. The molecule has 0 atom stereocenters. The lowest BCUT2D eigenvalue weighted by Crippen LogP contribution is -2.41. The number of nitrogens with zero attached hydrogens (tertiary/aromatic N) is 3. The molecule has 0 saturated heterocycles. The van der Waals surface area contributed by atoms with Gasteiger partial charge in [0.15, 0.2) is 0 Å². The Bertz CT molecular complexity index is 861. The Hall–Kier alpha value is -2.97. The number of pyridine rings is 2. The van der Waals surface area contributed by atoms with Gasteiger partial charge in [-0.15, -0.1) is 0 Å². The highest BCUT2D eigenvalue weighted by Gasteiger charge is 2.43. The fourth-order valence-corrected chi connectivity index (χ4v) is 3.47. The van der Waals surface area contributed by atoms with Gasteiger partial charge in [0.05, 0.1) is 24.1 Å². The molecule has 0 spiro atoms. The Morgan fingerprint density at radius 2 is 1.76 bits per heavy atom. The largest absolute Gasteiger partial charge is 0.477 e. The number of rotatable bonds is 5. The minimum atomic E-state index is -5.09. The summed E-state index contributed by atoms with van der Waals surface area (Å²) >= 11 is 0. The quantitative estimate of drug-likeness (QED) is 0.798. The van der Waals surface area contributed by atoms with Crippen molar-refractivity contribution in [1.82, 2.24) is 9.97 Å². The number of carboxylic acids is 1. The fourth-order valence-electron chi connectivity index (χ4n) is 3.47. The maximum Gasteiger partial charge on any atom is 0.471 e. The Balaban J connectivity index is 1.82. The molecule has 1 amide bonds. The lowest BCUT2D eigenvalue weighted by atomic mass is 9.85. The molecule has 6 nitrogen and oxygen atoms in total. The number of amides is 1. The van der Waals surface area contributed by atoms with Crippen molar-refractivity contribution in [3.05, 3.63) is 53.6 Å². The molecule has 1 N–H and O–H groups in total. The van der Waals surface area contributed by atoms with Gasteiger partial charge in [-0.1, -0.05) is 25.3 Å². The van der Waals surface area contributed by atoms with Crippen molar-refractivity contribution in [1.29, 1.82) is 0 Å². The van der Waals surface area contributed by atoms with E-state index in [1.54, 1.807) is 12.3 Å². The van der Waals surface area contributed by atoms with Gasteiger partial charge in [0.25, 0.3) is 0 Å². The van der Waals surface area contributed by atoms with E-state index in [4.69, 9.17) is 5.11 Å². The van der Waals surface area contributed by atoms with Crippen LogP contribution in [-0.2, 0) is 11.3 Å². The molecule has 154 valence electrons. The first-order chi connectivity index (χ1) is 13.8. The third-order valence-electron chi connectivity index (χ3n) is 5.01. The molecule has 2 aromatic heterocycles. The summed E-state index contributed by atoms with van der Waals surface area (Å²) in [5, 5.41) is 8.89. The third kappa shape index (κ3) is 5.10. The van der Waals surface area contributed by atoms with E-state index in [1.807, 2.05) is 6.07 Å². The van der Waals surface area contributed by atoms with Crippen molar-refractivity contribution in [3.63, 3.8) is 0 Å². The minimum absolute atomic E-state index is 0.157. The van der Waals surface area contributed by atoms with Crippen LogP contribution in [0, 0.1) is 0 Å². The highest BCUT2D eigenvalue weighted by molar-refractivity contribution is 5.97. The molecule has 0 unspecified atom stereocenters. The van der Waals surface area contributed by atoms with Crippen molar-refractivity contribution in [3.8, 4) is 0 Å². The lowest BCUT2D eigenvalue weighted by molar-refractivity contribution is -0.170.